The zero-order valence-electron chi connectivity index (χ0n) is 10.5. The summed E-state index contributed by atoms with van der Waals surface area (Å²) in [7, 11) is 0. The molecule has 0 radical (unpaired) electrons. The molecular formula is C14H16BrFO2. The Morgan fingerprint density at radius 1 is 1.56 bits per heavy atom. The minimum atomic E-state index is -0.819. The predicted molar refractivity (Wildman–Crippen MR) is 71.3 cm³/mol. The number of benzene rings is 1. The van der Waals surface area contributed by atoms with Crippen molar-refractivity contribution in [3.63, 3.8) is 0 Å². The highest BCUT2D eigenvalue weighted by Gasteiger charge is 2.36. The van der Waals surface area contributed by atoms with Gasteiger partial charge >= 0.3 is 5.97 Å². The van der Waals surface area contributed by atoms with E-state index in [1.165, 1.54) is 6.07 Å². The van der Waals surface area contributed by atoms with Crippen LogP contribution in [0.15, 0.2) is 10.5 Å². The minimum Gasteiger partial charge on any atom is -0.481 e. The Morgan fingerprint density at radius 3 is 2.67 bits per heavy atom. The fourth-order valence-corrected chi connectivity index (χ4v) is 3.21. The highest BCUT2D eigenvalue weighted by atomic mass is 79.9. The molecule has 0 bridgehead atoms. The van der Waals surface area contributed by atoms with Crippen molar-refractivity contribution in [1.82, 2.24) is 0 Å². The first-order valence-corrected chi connectivity index (χ1v) is 6.88. The molecule has 1 unspecified atom stereocenters. The van der Waals surface area contributed by atoms with Crippen LogP contribution in [0.4, 0.5) is 4.39 Å². The van der Waals surface area contributed by atoms with Crippen molar-refractivity contribution in [2.24, 2.45) is 5.92 Å². The average Bonchev–Trinajstić information content (AvgIpc) is 3.08. The van der Waals surface area contributed by atoms with Crippen LogP contribution in [0.2, 0.25) is 0 Å². The molecule has 98 valence electrons. The van der Waals surface area contributed by atoms with Gasteiger partial charge in [-0.2, -0.15) is 0 Å². The number of halogens is 2. The van der Waals surface area contributed by atoms with Crippen molar-refractivity contribution >= 4 is 21.9 Å². The minimum absolute atomic E-state index is 0.0764. The molecule has 0 saturated heterocycles. The molecule has 0 heterocycles. The van der Waals surface area contributed by atoms with Crippen LogP contribution in [-0.4, -0.2) is 11.1 Å². The van der Waals surface area contributed by atoms with Gasteiger partial charge in [0, 0.05) is 0 Å². The zero-order valence-corrected chi connectivity index (χ0v) is 12.1. The second-order valence-electron chi connectivity index (χ2n) is 5.07. The van der Waals surface area contributed by atoms with E-state index in [0.717, 1.165) is 29.5 Å². The fraction of sp³-hybridized carbons (Fsp3) is 0.500. The molecule has 4 heteroatoms. The van der Waals surface area contributed by atoms with Crippen LogP contribution < -0.4 is 0 Å². The summed E-state index contributed by atoms with van der Waals surface area (Å²) >= 11 is 3.28. The molecule has 1 aromatic rings. The third-order valence-corrected chi connectivity index (χ3v) is 4.55. The normalized spacial score (nSPS) is 16.7. The Kier molecular flexibility index (Phi) is 3.76. The van der Waals surface area contributed by atoms with E-state index in [4.69, 9.17) is 5.11 Å². The van der Waals surface area contributed by atoms with Crippen LogP contribution in [0.25, 0.3) is 0 Å². The van der Waals surface area contributed by atoms with Crippen molar-refractivity contribution in [3.8, 4) is 0 Å². The summed E-state index contributed by atoms with van der Waals surface area (Å²) in [5, 5.41) is 9.03. The maximum absolute atomic E-state index is 13.8. The quantitative estimate of drug-likeness (QED) is 0.905. The monoisotopic (exact) mass is 314 g/mol. The molecule has 1 aliphatic rings. The van der Waals surface area contributed by atoms with Crippen molar-refractivity contribution in [2.75, 3.05) is 0 Å². The Morgan fingerprint density at radius 2 is 2.17 bits per heavy atom. The zero-order chi connectivity index (χ0) is 13.4. The summed E-state index contributed by atoms with van der Waals surface area (Å²) in [6.45, 7) is 3.80. The molecule has 1 aromatic carbocycles. The first kappa shape index (κ1) is 13.5. The second kappa shape index (κ2) is 5.00. The second-order valence-corrected chi connectivity index (χ2v) is 5.86. The third kappa shape index (κ3) is 2.58. The maximum Gasteiger partial charge on any atom is 0.303 e. The molecule has 1 fully saturated rings. The number of aliphatic carboxylic acids is 1. The van der Waals surface area contributed by atoms with Crippen LogP contribution >= 0.6 is 15.9 Å². The third-order valence-electron chi connectivity index (χ3n) is 3.74. The number of rotatable bonds is 4. The maximum atomic E-state index is 13.8. The van der Waals surface area contributed by atoms with Crippen LogP contribution in [0.3, 0.4) is 0 Å². The van der Waals surface area contributed by atoms with E-state index < -0.39 is 5.97 Å². The first-order chi connectivity index (χ1) is 8.41. The van der Waals surface area contributed by atoms with Crippen LogP contribution in [0.1, 0.15) is 41.9 Å². The van der Waals surface area contributed by atoms with Gasteiger partial charge in [0.05, 0.1) is 10.9 Å². The molecule has 0 aromatic heterocycles. The smallest absolute Gasteiger partial charge is 0.303 e. The van der Waals surface area contributed by atoms with E-state index in [-0.39, 0.29) is 18.2 Å². The van der Waals surface area contributed by atoms with Gasteiger partial charge in [0.15, 0.2) is 0 Å². The standard InChI is InChI=1S/C14H16BrFO2/c1-7-5-11(16)14(15)13(8(7)2)10(6-12(17)18)9-3-4-9/h5,9-10H,3-4,6H2,1-2H3,(H,17,18). The van der Waals surface area contributed by atoms with E-state index in [1.54, 1.807) is 0 Å². The molecule has 18 heavy (non-hydrogen) atoms. The van der Waals surface area contributed by atoms with Crippen LogP contribution in [0.5, 0.6) is 0 Å². The molecule has 0 amide bonds. The lowest BCUT2D eigenvalue weighted by atomic mass is 9.86. The summed E-state index contributed by atoms with van der Waals surface area (Å²) < 4.78 is 14.2. The molecule has 1 saturated carbocycles. The SMILES string of the molecule is Cc1cc(F)c(Br)c(C(CC(=O)O)C2CC2)c1C. The lowest BCUT2D eigenvalue weighted by Gasteiger charge is -2.21. The number of carboxylic acid groups (broad SMARTS) is 1. The summed E-state index contributed by atoms with van der Waals surface area (Å²) in [5.74, 6) is -0.812. The van der Waals surface area contributed by atoms with Crippen molar-refractivity contribution in [1.29, 1.82) is 0 Å². The number of aryl methyl sites for hydroxylation is 1. The fourth-order valence-electron chi connectivity index (χ4n) is 2.50. The summed E-state index contributed by atoms with van der Waals surface area (Å²) in [4.78, 5) is 11.0. The molecule has 1 atom stereocenters. The van der Waals surface area contributed by atoms with Gasteiger partial charge in [-0.15, -0.1) is 0 Å². The van der Waals surface area contributed by atoms with Gasteiger partial charge in [0.1, 0.15) is 5.82 Å². The van der Waals surface area contributed by atoms with Gasteiger partial charge in [0.2, 0.25) is 0 Å². The molecule has 2 rings (SSSR count). The lowest BCUT2D eigenvalue weighted by molar-refractivity contribution is -0.137. The van der Waals surface area contributed by atoms with E-state index >= 15 is 0 Å². The largest absolute Gasteiger partial charge is 0.481 e. The Labute approximate surface area is 114 Å². The van der Waals surface area contributed by atoms with Crippen LogP contribution in [0, 0.1) is 25.6 Å². The van der Waals surface area contributed by atoms with E-state index in [1.807, 2.05) is 13.8 Å². The van der Waals surface area contributed by atoms with Crippen molar-refractivity contribution in [2.45, 2.75) is 39.0 Å². The van der Waals surface area contributed by atoms with Gasteiger partial charge in [-0.1, -0.05) is 0 Å². The van der Waals surface area contributed by atoms with Crippen molar-refractivity contribution in [3.05, 3.63) is 33.0 Å². The molecule has 0 spiro atoms. The van der Waals surface area contributed by atoms with Gasteiger partial charge < -0.3 is 5.11 Å². The topological polar surface area (TPSA) is 37.3 Å². The number of carboxylic acids is 1. The Balaban J connectivity index is 2.49. The van der Waals surface area contributed by atoms with Gasteiger partial charge in [-0.25, -0.2) is 4.39 Å². The van der Waals surface area contributed by atoms with Gasteiger partial charge in [0.25, 0.3) is 0 Å². The van der Waals surface area contributed by atoms with Crippen molar-refractivity contribution < 1.29 is 14.3 Å². The predicted octanol–water partition coefficient (Wildman–Crippen LogP) is 4.17. The summed E-state index contributed by atoms with van der Waals surface area (Å²) in [6.07, 6.45) is 2.16. The molecule has 0 aliphatic heterocycles. The van der Waals surface area contributed by atoms with E-state index in [2.05, 4.69) is 15.9 Å². The molecular weight excluding hydrogens is 299 g/mol. The summed E-state index contributed by atoms with van der Waals surface area (Å²) in [6, 6.07) is 1.49. The first-order valence-electron chi connectivity index (χ1n) is 6.08. The molecule has 2 nitrogen and oxygen atoms in total. The average molecular weight is 315 g/mol. The highest BCUT2D eigenvalue weighted by molar-refractivity contribution is 9.10. The van der Waals surface area contributed by atoms with Crippen LogP contribution in [-0.2, 0) is 4.79 Å². The van der Waals surface area contributed by atoms with E-state index in [9.17, 15) is 9.18 Å². The van der Waals surface area contributed by atoms with E-state index in [0.29, 0.717) is 10.4 Å². The van der Waals surface area contributed by atoms with Gasteiger partial charge in [-0.05, 0) is 77.2 Å². The highest BCUT2D eigenvalue weighted by Crippen LogP contribution is 2.48. The number of hydrogen-bond donors (Lipinski definition) is 1. The number of carbonyl (C=O) groups is 1. The Hall–Kier alpha value is -0.900. The lowest BCUT2D eigenvalue weighted by Crippen LogP contribution is -2.12. The number of hydrogen-bond acceptors (Lipinski definition) is 1. The van der Waals surface area contributed by atoms with Gasteiger partial charge in [-0.3, -0.25) is 4.79 Å². The summed E-state index contributed by atoms with van der Waals surface area (Å²) in [5.41, 5.74) is 2.72. The molecule has 1 N–H and O–H groups in total. The molecule has 1 aliphatic carbocycles. The Bertz CT molecular complexity index is 469.